The van der Waals surface area contributed by atoms with Crippen LogP contribution in [0.2, 0.25) is 0 Å². The zero-order valence-corrected chi connectivity index (χ0v) is 12.0. The van der Waals surface area contributed by atoms with Gasteiger partial charge in [0.15, 0.2) is 0 Å². The number of aromatic nitrogens is 2. The Hall–Kier alpha value is -2.38. The van der Waals surface area contributed by atoms with Gasteiger partial charge in [0, 0.05) is 26.1 Å². The van der Waals surface area contributed by atoms with Gasteiger partial charge in [-0.2, -0.15) is 8.78 Å². The summed E-state index contributed by atoms with van der Waals surface area (Å²) >= 11 is 0. The van der Waals surface area contributed by atoms with Crippen molar-refractivity contribution in [2.75, 3.05) is 23.3 Å². The molecule has 1 unspecified atom stereocenters. The number of para-hydroxylation sites is 2. The van der Waals surface area contributed by atoms with Crippen LogP contribution in [0.5, 0.6) is 5.75 Å². The third kappa shape index (κ3) is 3.26. The highest BCUT2D eigenvalue weighted by Crippen LogP contribution is 2.32. The lowest BCUT2D eigenvalue weighted by Gasteiger charge is -2.21. The minimum absolute atomic E-state index is 0.111. The van der Waals surface area contributed by atoms with E-state index in [-0.39, 0.29) is 11.8 Å². The molecule has 1 aromatic heterocycles. The molecule has 0 radical (unpaired) electrons. The average molecular weight is 310 g/mol. The normalized spacial score (nSPS) is 18.0. The third-order valence-corrected chi connectivity index (χ3v) is 3.46. The van der Waals surface area contributed by atoms with Crippen LogP contribution in [-0.2, 0) is 0 Å². The molecule has 22 heavy (non-hydrogen) atoms. The number of aryl methyl sites for hydroxylation is 1. The van der Waals surface area contributed by atoms with Gasteiger partial charge >= 0.3 is 12.6 Å². The van der Waals surface area contributed by atoms with E-state index in [9.17, 15) is 8.78 Å². The van der Waals surface area contributed by atoms with Crippen molar-refractivity contribution in [3.8, 4) is 5.75 Å². The number of alkyl halides is 2. The van der Waals surface area contributed by atoms with Crippen molar-refractivity contribution >= 4 is 11.7 Å². The molecule has 3 rings (SSSR count). The van der Waals surface area contributed by atoms with Gasteiger partial charge in [-0.1, -0.05) is 17.2 Å². The minimum atomic E-state index is -2.83. The Balaban J connectivity index is 1.67. The maximum absolute atomic E-state index is 12.5. The Morgan fingerprint density at radius 3 is 2.91 bits per heavy atom. The summed E-state index contributed by atoms with van der Waals surface area (Å²) in [6.45, 7) is 0.260. The van der Waals surface area contributed by atoms with E-state index in [2.05, 4.69) is 20.3 Å². The second-order valence-corrected chi connectivity index (χ2v) is 5.05. The van der Waals surface area contributed by atoms with E-state index in [1.165, 1.54) is 0 Å². The Morgan fingerprint density at radius 1 is 1.36 bits per heavy atom. The van der Waals surface area contributed by atoms with Crippen molar-refractivity contribution in [1.82, 2.24) is 10.2 Å². The molecular weight excluding hydrogens is 294 g/mol. The molecule has 0 amide bonds. The largest absolute Gasteiger partial charge is 0.433 e. The Kier molecular flexibility index (Phi) is 4.08. The quantitative estimate of drug-likeness (QED) is 0.916. The maximum atomic E-state index is 12.5. The zero-order chi connectivity index (χ0) is 15.5. The van der Waals surface area contributed by atoms with Gasteiger partial charge in [0.2, 0.25) is 5.89 Å². The fourth-order valence-electron chi connectivity index (χ4n) is 2.54. The summed E-state index contributed by atoms with van der Waals surface area (Å²) in [6.07, 6.45) is 0.838. The van der Waals surface area contributed by atoms with Crippen molar-refractivity contribution in [1.29, 1.82) is 0 Å². The summed E-state index contributed by atoms with van der Waals surface area (Å²) in [5.41, 5.74) is 0.661. The number of hydrogen-bond donors (Lipinski definition) is 1. The van der Waals surface area contributed by atoms with Crippen LogP contribution in [-0.4, -0.2) is 35.9 Å². The van der Waals surface area contributed by atoms with E-state index in [1.807, 2.05) is 4.90 Å². The molecule has 2 aromatic rings. The Labute approximate surface area is 126 Å². The van der Waals surface area contributed by atoms with Gasteiger partial charge in [0.25, 0.3) is 0 Å². The number of benzene rings is 1. The number of ether oxygens (including phenoxy) is 1. The first-order valence-corrected chi connectivity index (χ1v) is 6.97. The highest BCUT2D eigenvalue weighted by atomic mass is 19.3. The van der Waals surface area contributed by atoms with Crippen molar-refractivity contribution < 1.29 is 17.9 Å². The lowest BCUT2D eigenvalue weighted by atomic mass is 10.2. The number of rotatable bonds is 5. The van der Waals surface area contributed by atoms with Crippen LogP contribution >= 0.6 is 0 Å². The average Bonchev–Trinajstić information content (AvgIpc) is 3.09. The van der Waals surface area contributed by atoms with Gasteiger partial charge in [-0.15, -0.1) is 5.10 Å². The number of anilines is 2. The zero-order valence-electron chi connectivity index (χ0n) is 12.0. The number of nitrogens with one attached hydrogen (secondary N) is 1. The molecule has 118 valence electrons. The van der Waals surface area contributed by atoms with Crippen molar-refractivity contribution in [2.24, 2.45) is 0 Å². The van der Waals surface area contributed by atoms with Gasteiger partial charge in [-0.05, 0) is 18.6 Å². The molecule has 1 aliphatic heterocycles. The van der Waals surface area contributed by atoms with E-state index in [4.69, 9.17) is 4.42 Å². The van der Waals surface area contributed by atoms with Crippen LogP contribution in [0.25, 0.3) is 0 Å². The van der Waals surface area contributed by atoms with Crippen molar-refractivity contribution in [3.63, 3.8) is 0 Å². The van der Waals surface area contributed by atoms with Gasteiger partial charge in [-0.25, -0.2) is 0 Å². The molecule has 0 spiro atoms. The number of halogens is 2. The van der Waals surface area contributed by atoms with E-state index >= 15 is 0 Å². The maximum Gasteiger partial charge on any atom is 0.387 e. The topological polar surface area (TPSA) is 63.4 Å². The molecule has 1 fully saturated rings. The highest BCUT2D eigenvalue weighted by Gasteiger charge is 2.26. The van der Waals surface area contributed by atoms with E-state index in [0.717, 1.165) is 13.0 Å². The molecule has 1 saturated heterocycles. The van der Waals surface area contributed by atoms with E-state index in [0.29, 0.717) is 24.1 Å². The molecule has 1 aliphatic rings. The summed E-state index contributed by atoms with van der Waals surface area (Å²) in [5, 5.41) is 10.8. The standard InChI is InChI=1S/C14H16F2N4O2/c1-9-18-19-14(21-9)17-10-6-7-20(8-10)11-4-2-3-5-12(11)22-13(15)16/h2-5,10,13H,6-8H2,1H3,(H,17,19). The van der Waals surface area contributed by atoms with Crippen LogP contribution in [0.4, 0.5) is 20.5 Å². The van der Waals surface area contributed by atoms with Crippen LogP contribution in [0.3, 0.4) is 0 Å². The van der Waals surface area contributed by atoms with Gasteiger partial charge in [0.05, 0.1) is 5.69 Å². The second kappa shape index (κ2) is 6.17. The van der Waals surface area contributed by atoms with Crippen molar-refractivity contribution in [3.05, 3.63) is 30.2 Å². The lowest BCUT2D eigenvalue weighted by molar-refractivity contribution is -0.0495. The number of nitrogens with zero attached hydrogens (tertiary/aromatic N) is 3. The predicted octanol–water partition coefficient (Wildman–Crippen LogP) is 2.67. The van der Waals surface area contributed by atoms with Crippen molar-refractivity contribution in [2.45, 2.75) is 26.0 Å². The second-order valence-electron chi connectivity index (χ2n) is 5.05. The fraction of sp³-hybridized carbons (Fsp3) is 0.429. The summed E-state index contributed by atoms with van der Waals surface area (Å²) < 4.78 is 34.8. The molecule has 1 N–H and O–H groups in total. The van der Waals surface area contributed by atoms with Crippen LogP contribution in [0, 0.1) is 6.92 Å². The first-order chi connectivity index (χ1) is 10.6. The molecule has 1 aromatic carbocycles. The lowest BCUT2D eigenvalue weighted by Crippen LogP contribution is -2.26. The summed E-state index contributed by atoms with van der Waals surface area (Å²) in [6, 6.07) is 7.28. The predicted molar refractivity (Wildman–Crippen MR) is 76.3 cm³/mol. The van der Waals surface area contributed by atoms with Crippen LogP contribution in [0.15, 0.2) is 28.7 Å². The Bertz CT molecular complexity index is 635. The van der Waals surface area contributed by atoms with Crippen LogP contribution < -0.4 is 15.0 Å². The monoisotopic (exact) mass is 310 g/mol. The molecule has 0 aliphatic carbocycles. The molecule has 2 heterocycles. The van der Waals surface area contributed by atoms with E-state index < -0.39 is 6.61 Å². The first kappa shape index (κ1) is 14.6. The molecule has 0 bridgehead atoms. The molecular formula is C14H16F2N4O2. The molecule has 6 nitrogen and oxygen atoms in total. The van der Waals surface area contributed by atoms with Gasteiger partial charge < -0.3 is 19.4 Å². The molecule has 1 atom stereocenters. The van der Waals surface area contributed by atoms with E-state index in [1.54, 1.807) is 31.2 Å². The van der Waals surface area contributed by atoms with Gasteiger partial charge in [-0.3, -0.25) is 0 Å². The van der Waals surface area contributed by atoms with Crippen LogP contribution in [0.1, 0.15) is 12.3 Å². The number of hydrogen-bond acceptors (Lipinski definition) is 6. The summed E-state index contributed by atoms with van der Waals surface area (Å²) in [7, 11) is 0. The smallest absolute Gasteiger partial charge is 0.387 e. The SMILES string of the molecule is Cc1nnc(NC2CCN(c3ccccc3OC(F)F)C2)o1. The fourth-order valence-corrected chi connectivity index (χ4v) is 2.54. The highest BCUT2D eigenvalue weighted by molar-refractivity contribution is 5.59. The molecule has 8 heteroatoms. The molecule has 0 saturated carbocycles. The Morgan fingerprint density at radius 2 is 2.18 bits per heavy atom. The van der Waals surface area contributed by atoms with Gasteiger partial charge in [0.1, 0.15) is 5.75 Å². The summed E-state index contributed by atoms with van der Waals surface area (Å²) in [4.78, 5) is 2.00. The first-order valence-electron chi connectivity index (χ1n) is 6.97. The summed E-state index contributed by atoms with van der Waals surface area (Å²) in [5.74, 6) is 0.680. The third-order valence-electron chi connectivity index (χ3n) is 3.46. The minimum Gasteiger partial charge on any atom is -0.433 e.